The lowest BCUT2D eigenvalue weighted by molar-refractivity contribution is 0.231. The van der Waals surface area contributed by atoms with E-state index in [9.17, 15) is 13.6 Å². The van der Waals surface area contributed by atoms with Crippen LogP contribution in [-0.4, -0.2) is 30.0 Å². The normalized spacial score (nSPS) is 12.4. The van der Waals surface area contributed by atoms with E-state index >= 15 is 4.39 Å². The number of halogens is 4. The minimum absolute atomic E-state index is 0.0173. The van der Waals surface area contributed by atoms with Gasteiger partial charge in [0.1, 0.15) is 29.4 Å². The quantitative estimate of drug-likeness (QED) is 0.224. The molecule has 0 aliphatic rings. The zero-order valence-corrected chi connectivity index (χ0v) is 23.9. The topological polar surface area (TPSA) is 100 Å². The lowest BCUT2D eigenvalue weighted by atomic mass is 10.0. The second kappa shape index (κ2) is 10.7. The van der Waals surface area contributed by atoms with Crippen LogP contribution >= 0.6 is 11.6 Å². The lowest BCUT2D eigenvalue weighted by Gasteiger charge is -2.19. The molecule has 0 saturated heterocycles. The fourth-order valence-electron chi connectivity index (χ4n) is 5.17. The molecule has 0 spiro atoms. The number of aromatic nitrogens is 5. The van der Waals surface area contributed by atoms with E-state index in [0.29, 0.717) is 22.2 Å². The molecule has 0 aliphatic carbocycles. The highest BCUT2D eigenvalue weighted by Gasteiger charge is 2.26. The molecule has 0 aliphatic heterocycles. The molecular formula is C31H24ClF3N6O2. The van der Waals surface area contributed by atoms with Crippen molar-refractivity contribution in [3.05, 3.63) is 106 Å². The van der Waals surface area contributed by atoms with Gasteiger partial charge in [-0.1, -0.05) is 29.8 Å². The van der Waals surface area contributed by atoms with Crippen LogP contribution in [0, 0.1) is 17.5 Å². The van der Waals surface area contributed by atoms with E-state index in [2.05, 4.69) is 9.97 Å². The molecule has 43 heavy (non-hydrogen) atoms. The van der Waals surface area contributed by atoms with Crippen molar-refractivity contribution in [2.75, 3.05) is 5.73 Å². The van der Waals surface area contributed by atoms with Gasteiger partial charge in [0.25, 0.3) is 5.56 Å². The minimum Gasteiger partial charge on any atom is -0.488 e. The average Bonchev–Trinajstić information content (AvgIpc) is 3.35. The SMILES string of the molecule is CC(C)Oc1ccc(-c2cn([C@@H](C)c3nc4c(Cl)cc(F)cn4c(=O)c3-c3cccc(F)c3)c3ncnc(N)c23)cc1F. The maximum atomic E-state index is 15.0. The van der Waals surface area contributed by atoms with E-state index in [1.165, 1.54) is 36.7 Å². The highest BCUT2D eigenvalue weighted by atomic mass is 35.5. The first kappa shape index (κ1) is 28.2. The van der Waals surface area contributed by atoms with Gasteiger partial charge < -0.3 is 15.0 Å². The zero-order chi connectivity index (χ0) is 30.6. The van der Waals surface area contributed by atoms with Crippen LogP contribution in [0.25, 0.3) is 38.9 Å². The Morgan fingerprint density at radius 3 is 2.44 bits per heavy atom. The van der Waals surface area contributed by atoms with Gasteiger partial charge in [0.15, 0.2) is 17.2 Å². The first-order chi connectivity index (χ1) is 20.5. The van der Waals surface area contributed by atoms with Crippen LogP contribution in [0.1, 0.15) is 32.5 Å². The minimum atomic E-state index is -0.738. The fourth-order valence-corrected chi connectivity index (χ4v) is 5.41. The average molecular weight is 605 g/mol. The van der Waals surface area contributed by atoms with Gasteiger partial charge in [-0.2, -0.15) is 0 Å². The van der Waals surface area contributed by atoms with E-state index in [0.717, 1.165) is 16.7 Å². The second-order valence-corrected chi connectivity index (χ2v) is 10.7. The number of hydrogen-bond donors (Lipinski definition) is 1. The summed E-state index contributed by atoms with van der Waals surface area (Å²) in [6.07, 6.45) is 3.76. The summed E-state index contributed by atoms with van der Waals surface area (Å²) in [7, 11) is 0. The van der Waals surface area contributed by atoms with Crippen molar-refractivity contribution >= 4 is 34.1 Å². The summed E-state index contributed by atoms with van der Waals surface area (Å²) < 4.78 is 52.0. The first-order valence-electron chi connectivity index (χ1n) is 13.3. The molecule has 0 fully saturated rings. The molecule has 6 rings (SSSR count). The molecule has 2 N–H and O–H groups in total. The summed E-state index contributed by atoms with van der Waals surface area (Å²) in [6, 6.07) is 10.4. The number of ether oxygens (including phenoxy) is 1. The summed E-state index contributed by atoms with van der Waals surface area (Å²) in [4.78, 5) is 27.1. The summed E-state index contributed by atoms with van der Waals surface area (Å²) in [5.41, 5.74) is 7.57. The third kappa shape index (κ3) is 4.95. The maximum absolute atomic E-state index is 15.0. The van der Waals surface area contributed by atoms with Gasteiger partial charge in [0, 0.05) is 18.0 Å². The third-order valence-electron chi connectivity index (χ3n) is 7.04. The monoisotopic (exact) mass is 604 g/mol. The summed E-state index contributed by atoms with van der Waals surface area (Å²) >= 11 is 6.33. The molecule has 0 amide bonds. The Bertz CT molecular complexity index is 2110. The van der Waals surface area contributed by atoms with Gasteiger partial charge in [-0.25, -0.2) is 28.1 Å². The molecule has 4 heterocycles. The highest BCUT2D eigenvalue weighted by Crippen LogP contribution is 2.38. The number of nitrogens with zero attached hydrogens (tertiary/aromatic N) is 5. The first-order valence-corrected chi connectivity index (χ1v) is 13.7. The Kier molecular flexibility index (Phi) is 7.05. The maximum Gasteiger partial charge on any atom is 0.266 e. The van der Waals surface area contributed by atoms with Crippen molar-refractivity contribution < 1.29 is 17.9 Å². The van der Waals surface area contributed by atoms with Crippen LogP contribution in [0.4, 0.5) is 19.0 Å². The number of anilines is 1. The number of benzene rings is 2. The molecule has 0 unspecified atom stereocenters. The number of nitrogen functional groups attached to an aromatic ring is 1. The predicted molar refractivity (Wildman–Crippen MR) is 159 cm³/mol. The van der Waals surface area contributed by atoms with Crippen molar-refractivity contribution in [2.24, 2.45) is 0 Å². The number of rotatable bonds is 6. The molecule has 0 radical (unpaired) electrons. The Morgan fingerprint density at radius 1 is 0.930 bits per heavy atom. The van der Waals surface area contributed by atoms with Gasteiger partial charge in [-0.3, -0.25) is 9.20 Å². The predicted octanol–water partition coefficient (Wildman–Crippen LogP) is 6.82. The zero-order valence-electron chi connectivity index (χ0n) is 23.1. The Labute approximate surface area is 248 Å². The van der Waals surface area contributed by atoms with Crippen LogP contribution < -0.4 is 16.0 Å². The van der Waals surface area contributed by atoms with Gasteiger partial charge >= 0.3 is 0 Å². The van der Waals surface area contributed by atoms with Crippen molar-refractivity contribution in [1.29, 1.82) is 0 Å². The third-order valence-corrected chi connectivity index (χ3v) is 7.32. The van der Waals surface area contributed by atoms with Crippen LogP contribution in [0.15, 0.2) is 72.0 Å². The Morgan fingerprint density at radius 2 is 1.72 bits per heavy atom. The summed E-state index contributed by atoms with van der Waals surface area (Å²) in [5.74, 6) is -1.61. The smallest absolute Gasteiger partial charge is 0.266 e. The van der Waals surface area contributed by atoms with Crippen molar-refractivity contribution in [2.45, 2.75) is 32.9 Å². The number of fused-ring (bicyclic) bond motifs is 2. The molecule has 1 atom stereocenters. The Balaban J connectivity index is 1.61. The van der Waals surface area contributed by atoms with Crippen LogP contribution in [0.2, 0.25) is 5.02 Å². The van der Waals surface area contributed by atoms with E-state index in [1.54, 1.807) is 43.7 Å². The molecule has 6 aromatic rings. The number of nitrogens with two attached hydrogens (primary N) is 1. The largest absolute Gasteiger partial charge is 0.488 e. The Hall–Kier alpha value is -4.90. The van der Waals surface area contributed by atoms with Gasteiger partial charge in [0.2, 0.25) is 0 Å². The van der Waals surface area contributed by atoms with Gasteiger partial charge in [-0.15, -0.1) is 0 Å². The van der Waals surface area contributed by atoms with E-state index in [-0.39, 0.29) is 45.2 Å². The van der Waals surface area contributed by atoms with Gasteiger partial charge in [0.05, 0.1) is 33.8 Å². The summed E-state index contributed by atoms with van der Waals surface area (Å²) in [5, 5.41) is 0.372. The van der Waals surface area contributed by atoms with Crippen LogP contribution in [0.5, 0.6) is 5.75 Å². The molecule has 0 saturated carbocycles. The van der Waals surface area contributed by atoms with E-state index in [1.807, 2.05) is 0 Å². The van der Waals surface area contributed by atoms with Crippen molar-refractivity contribution in [1.82, 2.24) is 23.9 Å². The van der Waals surface area contributed by atoms with Gasteiger partial charge in [-0.05, 0) is 62.2 Å². The van der Waals surface area contributed by atoms with Crippen LogP contribution in [-0.2, 0) is 0 Å². The molecule has 218 valence electrons. The highest BCUT2D eigenvalue weighted by molar-refractivity contribution is 6.33. The number of hydrogen-bond acceptors (Lipinski definition) is 6. The summed E-state index contributed by atoms with van der Waals surface area (Å²) in [6.45, 7) is 5.36. The fraction of sp³-hybridized carbons (Fsp3) is 0.161. The molecule has 12 heteroatoms. The lowest BCUT2D eigenvalue weighted by Crippen LogP contribution is -2.23. The second-order valence-electron chi connectivity index (χ2n) is 10.3. The van der Waals surface area contributed by atoms with E-state index in [4.69, 9.17) is 27.1 Å². The molecular weight excluding hydrogens is 581 g/mol. The molecule has 2 aromatic carbocycles. The standard InChI is InChI=1S/C31H24ClF3N6O2/c1-15(2)43-24-8-7-17(10-23(24)35)21-13-40(30-26(21)28(36)37-14-38-30)16(3)27-25(18-5-4-6-19(33)9-18)31(42)41-12-20(34)11-22(32)29(41)39-27/h4-16H,1-3H3,(H2,36,37,38)/t16-/m0/s1. The van der Waals surface area contributed by atoms with E-state index < -0.39 is 29.1 Å². The number of pyridine rings is 1. The molecule has 4 aromatic heterocycles. The molecule has 0 bridgehead atoms. The molecule has 8 nitrogen and oxygen atoms in total. The van der Waals surface area contributed by atoms with Crippen LogP contribution in [0.3, 0.4) is 0 Å². The van der Waals surface area contributed by atoms with Crippen molar-refractivity contribution in [3.63, 3.8) is 0 Å². The van der Waals surface area contributed by atoms with Crippen molar-refractivity contribution in [3.8, 4) is 28.0 Å².